The van der Waals surface area contributed by atoms with Crippen LogP contribution in [0.5, 0.6) is 0 Å². The fourth-order valence-electron chi connectivity index (χ4n) is 2.77. The van der Waals surface area contributed by atoms with Gasteiger partial charge >= 0.3 is 0 Å². The van der Waals surface area contributed by atoms with Gasteiger partial charge in [-0.1, -0.05) is 78.1 Å². The van der Waals surface area contributed by atoms with Crippen LogP contribution in [0.15, 0.2) is 0 Å². The Morgan fingerprint density at radius 1 is 0.714 bits per heavy atom. The molecule has 0 aromatic carbocycles. The number of ether oxygens (including phenoxy) is 1. The summed E-state index contributed by atoms with van der Waals surface area (Å²) in [5.74, 6) is 0.710. The summed E-state index contributed by atoms with van der Waals surface area (Å²) in [6.45, 7) is 7.70. The topological polar surface area (TPSA) is 9.23 Å². The first-order valence-corrected chi connectivity index (χ1v) is 9.92. The predicted molar refractivity (Wildman–Crippen MR) is 96.4 cm³/mol. The van der Waals surface area contributed by atoms with Crippen LogP contribution in [0.2, 0.25) is 0 Å². The fourth-order valence-corrected chi connectivity index (χ4v) is 3.17. The second-order valence-electron chi connectivity index (χ2n) is 6.67. The average molecular weight is 319 g/mol. The van der Waals surface area contributed by atoms with Crippen molar-refractivity contribution in [1.82, 2.24) is 0 Å². The highest BCUT2D eigenvalue weighted by molar-refractivity contribution is 6.17. The zero-order valence-electron chi connectivity index (χ0n) is 14.9. The molecule has 0 aliphatic rings. The number of hydrogen-bond acceptors (Lipinski definition) is 1. The molecule has 0 saturated carbocycles. The van der Waals surface area contributed by atoms with Crippen molar-refractivity contribution in [3.8, 4) is 0 Å². The van der Waals surface area contributed by atoms with Gasteiger partial charge in [-0.2, -0.15) is 0 Å². The van der Waals surface area contributed by atoms with Crippen molar-refractivity contribution in [1.29, 1.82) is 0 Å². The standard InChI is InChI=1S/C19H39ClO/c1-4-6-8-10-12-14-18-21-19(3,16-17-20)15-13-11-9-7-5-2/h4-18H2,1-3H3. The Bertz CT molecular complexity index is 208. The van der Waals surface area contributed by atoms with Gasteiger partial charge in [-0.3, -0.25) is 0 Å². The third-order valence-corrected chi connectivity index (χ3v) is 4.57. The Kier molecular flexibility index (Phi) is 15.3. The molecule has 0 radical (unpaired) electrons. The second kappa shape index (κ2) is 15.2. The molecular formula is C19H39ClO. The minimum Gasteiger partial charge on any atom is -0.375 e. The first kappa shape index (κ1) is 21.2. The summed E-state index contributed by atoms with van der Waals surface area (Å²) in [4.78, 5) is 0. The van der Waals surface area contributed by atoms with Gasteiger partial charge in [-0.05, 0) is 26.2 Å². The van der Waals surface area contributed by atoms with Crippen LogP contribution < -0.4 is 0 Å². The molecule has 0 saturated heterocycles. The molecule has 0 amide bonds. The quantitative estimate of drug-likeness (QED) is 0.217. The Labute approximate surface area is 139 Å². The molecule has 0 bridgehead atoms. The molecule has 0 spiro atoms. The molecule has 0 heterocycles. The zero-order valence-corrected chi connectivity index (χ0v) is 15.6. The number of halogens is 1. The molecule has 0 aromatic heterocycles. The summed E-state index contributed by atoms with van der Waals surface area (Å²) < 4.78 is 6.20. The molecular weight excluding hydrogens is 280 g/mol. The summed E-state index contributed by atoms with van der Waals surface area (Å²) in [5.41, 5.74) is 0.0113. The van der Waals surface area contributed by atoms with Gasteiger partial charge in [-0.25, -0.2) is 0 Å². The first-order valence-electron chi connectivity index (χ1n) is 9.38. The Balaban J connectivity index is 3.71. The van der Waals surface area contributed by atoms with Crippen molar-refractivity contribution >= 4 is 11.6 Å². The lowest BCUT2D eigenvalue weighted by atomic mass is 9.94. The molecule has 1 unspecified atom stereocenters. The zero-order chi connectivity index (χ0) is 15.8. The maximum atomic E-state index is 6.20. The third kappa shape index (κ3) is 13.6. The van der Waals surface area contributed by atoms with E-state index < -0.39 is 0 Å². The molecule has 128 valence electrons. The van der Waals surface area contributed by atoms with Crippen LogP contribution in [0.1, 0.15) is 104 Å². The van der Waals surface area contributed by atoms with E-state index in [0.29, 0.717) is 5.88 Å². The highest BCUT2D eigenvalue weighted by Crippen LogP contribution is 2.25. The predicted octanol–water partition coefficient (Wildman–Crippen LogP) is 7.11. The van der Waals surface area contributed by atoms with Crippen LogP contribution in [0, 0.1) is 0 Å². The highest BCUT2D eigenvalue weighted by Gasteiger charge is 2.23. The van der Waals surface area contributed by atoms with E-state index in [2.05, 4.69) is 20.8 Å². The van der Waals surface area contributed by atoms with Crippen LogP contribution in [0.3, 0.4) is 0 Å². The molecule has 1 nitrogen and oxygen atoms in total. The van der Waals surface area contributed by atoms with Gasteiger partial charge in [0, 0.05) is 12.5 Å². The van der Waals surface area contributed by atoms with Gasteiger partial charge < -0.3 is 4.74 Å². The van der Waals surface area contributed by atoms with Crippen LogP contribution in [0.25, 0.3) is 0 Å². The largest absolute Gasteiger partial charge is 0.375 e. The lowest BCUT2D eigenvalue weighted by molar-refractivity contribution is -0.0428. The minimum absolute atomic E-state index is 0.0113. The lowest BCUT2D eigenvalue weighted by Crippen LogP contribution is -2.30. The number of alkyl halides is 1. The summed E-state index contributed by atoms with van der Waals surface area (Å²) in [7, 11) is 0. The Morgan fingerprint density at radius 3 is 1.81 bits per heavy atom. The number of unbranched alkanes of at least 4 members (excludes halogenated alkanes) is 9. The van der Waals surface area contributed by atoms with Gasteiger partial charge in [0.1, 0.15) is 0 Å². The maximum absolute atomic E-state index is 6.20. The normalized spacial score (nSPS) is 14.3. The molecule has 2 heteroatoms. The van der Waals surface area contributed by atoms with Gasteiger partial charge in [0.15, 0.2) is 0 Å². The van der Waals surface area contributed by atoms with Crippen molar-refractivity contribution in [3.05, 3.63) is 0 Å². The van der Waals surface area contributed by atoms with E-state index in [4.69, 9.17) is 16.3 Å². The monoisotopic (exact) mass is 318 g/mol. The van der Waals surface area contributed by atoms with Gasteiger partial charge in [0.25, 0.3) is 0 Å². The van der Waals surface area contributed by atoms with Crippen molar-refractivity contribution in [2.75, 3.05) is 12.5 Å². The molecule has 0 aliphatic heterocycles. The van der Waals surface area contributed by atoms with Gasteiger partial charge in [0.2, 0.25) is 0 Å². The lowest BCUT2D eigenvalue weighted by Gasteiger charge is -2.29. The van der Waals surface area contributed by atoms with Crippen LogP contribution in [-0.4, -0.2) is 18.1 Å². The molecule has 0 aliphatic carbocycles. The molecule has 0 rings (SSSR count). The third-order valence-electron chi connectivity index (χ3n) is 4.38. The van der Waals surface area contributed by atoms with Crippen molar-refractivity contribution in [2.45, 2.75) is 110 Å². The fraction of sp³-hybridized carbons (Fsp3) is 1.00. The van der Waals surface area contributed by atoms with Crippen molar-refractivity contribution in [2.24, 2.45) is 0 Å². The van der Waals surface area contributed by atoms with E-state index in [1.165, 1.54) is 77.0 Å². The van der Waals surface area contributed by atoms with Crippen LogP contribution >= 0.6 is 11.6 Å². The van der Waals surface area contributed by atoms with Crippen molar-refractivity contribution < 1.29 is 4.74 Å². The van der Waals surface area contributed by atoms with E-state index in [-0.39, 0.29) is 5.60 Å². The summed E-state index contributed by atoms with van der Waals surface area (Å²) in [5, 5.41) is 0. The summed E-state index contributed by atoms with van der Waals surface area (Å²) in [6, 6.07) is 0. The smallest absolute Gasteiger partial charge is 0.0665 e. The summed E-state index contributed by atoms with van der Waals surface area (Å²) >= 11 is 5.97. The minimum atomic E-state index is 0.0113. The van der Waals surface area contributed by atoms with E-state index >= 15 is 0 Å². The van der Waals surface area contributed by atoms with Gasteiger partial charge in [-0.15, -0.1) is 11.6 Å². The van der Waals surface area contributed by atoms with Gasteiger partial charge in [0.05, 0.1) is 5.60 Å². The first-order chi connectivity index (χ1) is 10.2. The van der Waals surface area contributed by atoms with Crippen molar-refractivity contribution in [3.63, 3.8) is 0 Å². The molecule has 1 atom stereocenters. The van der Waals surface area contributed by atoms with E-state index in [9.17, 15) is 0 Å². The second-order valence-corrected chi connectivity index (χ2v) is 7.05. The molecule has 0 N–H and O–H groups in total. The van der Waals surface area contributed by atoms with E-state index in [0.717, 1.165) is 13.0 Å². The molecule has 21 heavy (non-hydrogen) atoms. The van der Waals surface area contributed by atoms with Crippen LogP contribution in [-0.2, 0) is 4.74 Å². The Morgan fingerprint density at radius 2 is 1.24 bits per heavy atom. The molecule has 0 aromatic rings. The van der Waals surface area contributed by atoms with E-state index in [1.54, 1.807) is 0 Å². The summed E-state index contributed by atoms with van der Waals surface area (Å²) in [6.07, 6.45) is 16.8. The van der Waals surface area contributed by atoms with E-state index in [1.807, 2.05) is 0 Å². The maximum Gasteiger partial charge on any atom is 0.0665 e. The number of rotatable bonds is 16. The SMILES string of the molecule is CCCCCCCCOC(C)(CCCl)CCCCCCC. The highest BCUT2D eigenvalue weighted by atomic mass is 35.5. The number of hydrogen-bond donors (Lipinski definition) is 0. The Hall–Kier alpha value is 0.250. The molecule has 0 fully saturated rings. The average Bonchev–Trinajstić information content (AvgIpc) is 2.46. The van der Waals surface area contributed by atoms with Crippen LogP contribution in [0.4, 0.5) is 0 Å².